The first-order valence-electron chi connectivity index (χ1n) is 4.40. The molecule has 0 aliphatic rings. The summed E-state index contributed by atoms with van der Waals surface area (Å²) in [6.45, 7) is 1.77. The number of nitro groups is 1. The number of benzene rings is 1. The zero-order valence-electron chi connectivity index (χ0n) is 8.29. The molecule has 0 amide bonds. The smallest absolute Gasteiger partial charge is 0.258 e. The normalized spacial score (nSPS) is 10.4. The van der Waals surface area contributed by atoms with Crippen LogP contribution in [0.25, 0.3) is 5.69 Å². The van der Waals surface area contributed by atoms with E-state index in [9.17, 15) is 10.1 Å². The molecule has 2 rings (SSSR count). The Balaban J connectivity index is 2.52. The molecule has 0 spiro atoms. The highest BCUT2D eigenvalue weighted by molar-refractivity contribution is 6.32. The third kappa shape index (κ3) is 1.74. The molecule has 1 aromatic carbocycles. The molecule has 6 nitrogen and oxygen atoms in total. The summed E-state index contributed by atoms with van der Waals surface area (Å²) in [7, 11) is 0. The lowest BCUT2D eigenvalue weighted by Crippen LogP contribution is -2.00. The van der Waals surface area contributed by atoms with Crippen LogP contribution in [0.1, 0.15) is 5.82 Å². The summed E-state index contributed by atoms with van der Waals surface area (Å²) in [6.07, 6.45) is 1.40. The maximum atomic E-state index is 10.5. The first kappa shape index (κ1) is 10.6. The predicted molar refractivity (Wildman–Crippen MR) is 57.8 cm³/mol. The number of hydrogen-bond donors (Lipinski definition) is 0. The van der Waals surface area contributed by atoms with Gasteiger partial charge in [0, 0.05) is 12.1 Å². The Morgan fingerprint density at radius 3 is 2.75 bits per heavy atom. The highest BCUT2D eigenvalue weighted by atomic mass is 35.5. The summed E-state index contributed by atoms with van der Waals surface area (Å²) in [5, 5.41) is 14.8. The molecular weight excluding hydrogens is 232 g/mol. The number of hydrogen-bond acceptors (Lipinski definition) is 4. The van der Waals surface area contributed by atoms with E-state index in [1.165, 1.54) is 23.1 Å². The van der Waals surface area contributed by atoms with E-state index in [0.29, 0.717) is 11.5 Å². The Morgan fingerprint density at radius 2 is 2.25 bits per heavy atom. The number of non-ortho nitro benzene ring substituents is 1. The summed E-state index contributed by atoms with van der Waals surface area (Å²) in [4.78, 5) is 14.0. The zero-order valence-corrected chi connectivity index (χ0v) is 9.05. The van der Waals surface area contributed by atoms with Gasteiger partial charge < -0.3 is 0 Å². The van der Waals surface area contributed by atoms with E-state index in [0.717, 1.165) is 0 Å². The predicted octanol–water partition coefficient (Wildman–Crippen LogP) is 2.14. The Hall–Kier alpha value is -1.95. The number of rotatable bonds is 2. The van der Waals surface area contributed by atoms with Crippen molar-refractivity contribution in [1.82, 2.24) is 14.8 Å². The molecule has 0 aliphatic carbocycles. The van der Waals surface area contributed by atoms with E-state index >= 15 is 0 Å². The topological polar surface area (TPSA) is 73.8 Å². The Bertz CT molecular complexity index is 552. The van der Waals surface area contributed by atoms with Crippen molar-refractivity contribution in [3.05, 3.63) is 45.5 Å². The highest BCUT2D eigenvalue weighted by Crippen LogP contribution is 2.25. The van der Waals surface area contributed by atoms with Gasteiger partial charge in [0.05, 0.1) is 15.6 Å². The number of aromatic nitrogens is 3. The summed E-state index contributed by atoms with van der Waals surface area (Å²) < 4.78 is 1.52. The van der Waals surface area contributed by atoms with Crippen molar-refractivity contribution in [3.8, 4) is 5.69 Å². The molecule has 0 aliphatic heterocycles. The third-order valence-electron chi connectivity index (χ3n) is 2.09. The van der Waals surface area contributed by atoms with E-state index in [1.807, 2.05) is 0 Å². The molecule has 0 unspecified atom stereocenters. The van der Waals surface area contributed by atoms with Crippen LogP contribution in [0, 0.1) is 17.0 Å². The van der Waals surface area contributed by atoms with Gasteiger partial charge in [0.1, 0.15) is 12.2 Å². The van der Waals surface area contributed by atoms with Gasteiger partial charge in [-0.1, -0.05) is 11.6 Å². The van der Waals surface area contributed by atoms with Crippen LogP contribution >= 0.6 is 11.6 Å². The summed E-state index contributed by atoms with van der Waals surface area (Å²) in [5.74, 6) is 0.663. The van der Waals surface area contributed by atoms with Crippen molar-refractivity contribution in [3.63, 3.8) is 0 Å². The van der Waals surface area contributed by atoms with Crippen LogP contribution in [0.5, 0.6) is 0 Å². The molecule has 0 atom stereocenters. The number of halogens is 1. The van der Waals surface area contributed by atoms with Crippen LogP contribution in [0.4, 0.5) is 5.69 Å². The van der Waals surface area contributed by atoms with E-state index < -0.39 is 4.92 Å². The van der Waals surface area contributed by atoms with Gasteiger partial charge in [-0.15, -0.1) is 0 Å². The second kappa shape index (κ2) is 3.90. The first-order chi connectivity index (χ1) is 7.59. The molecule has 0 saturated carbocycles. The van der Waals surface area contributed by atoms with Crippen LogP contribution in [-0.2, 0) is 0 Å². The van der Waals surface area contributed by atoms with Gasteiger partial charge >= 0.3 is 0 Å². The maximum Gasteiger partial charge on any atom is 0.271 e. The number of aryl methyl sites for hydroxylation is 1. The number of nitrogens with zero attached hydrogens (tertiary/aromatic N) is 4. The fourth-order valence-electron chi connectivity index (χ4n) is 1.32. The van der Waals surface area contributed by atoms with E-state index in [2.05, 4.69) is 10.1 Å². The molecule has 0 fully saturated rings. The molecule has 0 bridgehead atoms. The average molecular weight is 239 g/mol. The van der Waals surface area contributed by atoms with Gasteiger partial charge in [0.15, 0.2) is 0 Å². The fraction of sp³-hybridized carbons (Fsp3) is 0.111. The fourth-order valence-corrected chi connectivity index (χ4v) is 1.57. The number of nitro benzene ring substituents is 1. The lowest BCUT2D eigenvalue weighted by molar-refractivity contribution is -0.384. The van der Waals surface area contributed by atoms with Gasteiger partial charge in [-0.2, -0.15) is 5.10 Å². The minimum atomic E-state index is -0.496. The van der Waals surface area contributed by atoms with Crippen molar-refractivity contribution in [1.29, 1.82) is 0 Å². The molecule has 1 heterocycles. The van der Waals surface area contributed by atoms with Crippen molar-refractivity contribution >= 4 is 17.3 Å². The Kier molecular flexibility index (Phi) is 2.57. The van der Waals surface area contributed by atoms with Crippen LogP contribution in [-0.4, -0.2) is 19.7 Å². The Labute approximate surface area is 95.6 Å². The van der Waals surface area contributed by atoms with Gasteiger partial charge in [-0.05, 0) is 13.0 Å². The molecule has 0 radical (unpaired) electrons. The molecule has 0 saturated heterocycles. The maximum absolute atomic E-state index is 10.5. The van der Waals surface area contributed by atoms with Crippen LogP contribution in [0.3, 0.4) is 0 Å². The second-order valence-corrected chi connectivity index (χ2v) is 3.52. The van der Waals surface area contributed by atoms with E-state index in [4.69, 9.17) is 11.6 Å². The summed E-state index contributed by atoms with van der Waals surface area (Å²) in [5.41, 5.74) is 0.522. The van der Waals surface area contributed by atoms with Crippen molar-refractivity contribution in [2.75, 3.05) is 0 Å². The van der Waals surface area contributed by atoms with Crippen molar-refractivity contribution < 1.29 is 4.92 Å². The second-order valence-electron chi connectivity index (χ2n) is 3.11. The Morgan fingerprint density at radius 1 is 1.50 bits per heavy atom. The van der Waals surface area contributed by atoms with Gasteiger partial charge in [-0.25, -0.2) is 9.67 Å². The molecule has 0 N–H and O–H groups in total. The van der Waals surface area contributed by atoms with Crippen LogP contribution in [0.15, 0.2) is 24.5 Å². The molecule has 1 aromatic heterocycles. The van der Waals surface area contributed by atoms with Crippen molar-refractivity contribution in [2.24, 2.45) is 0 Å². The monoisotopic (exact) mass is 238 g/mol. The highest BCUT2D eigenvalue weighted by Gasteiger charge is 2.12. The third-order valence-corrected chi connectivity index (χ3v) is 2.39. The first-order valence-corrected chi connectivity index (χ1v) is 4.78. The van der Waals surface area contributed by atoms with Crippen LogP contribution < -0.4 is 0 Å². The molecule has 7 heteroatoms. The molecule has 2 aromatic rings. The minimum absolute atomic E-state index is 0.0495. The molecule has 82 valence electrons. The lowest BCUT2D eigenvalue weighted by atomic mass is 10.3. The largest absolute Gasteiger partial charge is 0.271 e. The molecule has 16 heavy (non-hydrogen) atoms. The SMILES string of the molecule is Cc1ncnn1-c1ccc([N+](=O)[O-])cc1Cl. The van der Waals surface area contributed by atoms with Gasteiger partial charge in [0.25, 0.3) is 5.69 Å². The molecular formula is C9H7ClN4O2. The van der Waals surface area contributed by atoms with E-state index in [1.54, 1.807) is 13.0 Å². The summed E-state index contributed by atoms with van der Waals surface area (Å²) in [6, 6.07) is 4.21. The van der Waals surface area contributed by atoms with Crippen molar-refractivity contribution in [2.45, 2.75) is 6.92 Å². The van der Waals surface area contributed by atoms with Gasteiger partial charge in [0.2, 0.25) is 0 Å². The van der Waals surface area contributed by atoms with E-state index in [-0.39, 0.29) is 10.7 Å². The average Bonchev–Trinajstić information content (AvgIpc) is 2.64. The quantitative estimate of drug-likeness (QED) is 0.593. The minimum Gasteiger partial charge on any atom is -0.258 e. The zero-order chi connectivity index (χ0) is 11.7. The van der Waals surface area contributed by atoms with Gasteiger partial charge in [-0.3, -0.25) is 10.1 Å². The summed E-state index contributed by atoms with van der Waals surface area (Å²) >= 11 is 5.94. The van der Waals surface area contributed by atoms with Crippen LogP contribution in [0.2, 0.25) is 5.02 Å². The standard InChI is InChI=1S/C9H7ClN4O2/c1-6-11-5-12-13(6)9-3-2-7(14(15)16)4-8(9)10/h2-5H,1H3. The lowest BCUT2D eigenvalue weighted by Gasteiger charge is -2.04.